The average Bonchev–Trinajstić information content (AvgIpc) is 2.86. The van der Waals surface area contributed by atoms with E-state index in [1.54, 1.807) is 0 Å². The van der Waals surface area contributed by atoms with Gasteiger partial charge in [0.15, 0.2) is 5.78 Å². The second-order valence-corrected chi connectivity index (χ2v) is 6.77. The number of imide groups is 1. The van der Waals surface area contributed by atoms with Crippen LogP contribution in [0.2, 0.25) is 0 Å². The number of para-hydroxylation sites is 1. The van der Waals surface area contributed by atoms with Crippen molar-refractivity contribution in [2.45, 2.75) is 37.8 Å². The number of amides is 3. The summed E-state index contributed by atoms with van der Waals surface area (Å²) in [5.74, 6) is -1.64. The zero-order chi connectivity index (χ0) is 19.6. The molecule has 1 heterocycles. The predicted octanol–water partition coefficient (Wildman–Crippen LogP) is 2.33. The maximum atomic E-state index is 13.0. The Morgan fingerprint density at radius 1 is 1.32 bits per heavy atom. The molecule has 10 heteroatoms. The Bertz CT molecular complexity index is 764. The molecule has 154 valence electrons. The van der Waals surface area contributed by atoms with Crippen molar-refractivity contribution < 1.29 is 27.9 Å². The topological polar surface area (TPSA) is 102 Å². The van der Waals surface area contributed by atoms with Crippen LogP contribution in [-0.2, 0) is 4.79 Å². The van der Waals surface area contributed by atoms with Crippen LogP contribution < -0.4 is 15.8 Å². The minimum Gasteiger partial charge on any atom is -0.434 e. The van der Waals surface area contributed by atoms with Crippen molar-refractivity contribution in [3.8, 4) is 5.75 Å². The number of alkyl halides is 2. The Balaban J connectivity index is 0.00000280. The number of hydrogen-bond donors (Lipinski definition) is 2. The van der Waals surface area contributed by atoms with Gasteiger partial charge in [0.05, 0.1) is 12.1 Å². The average molecular weight is 418 g/mol. The highest BCUT2D eigenvalue weighted by molar-refractivity contribution is 6.11. The van der Waals surface area contributed by atoms with Gasteiger partial charge in [-0.2, -0.15) is 8.78 Å². The molecule has 1 aromatic rings. The van der Waals surface area contributed by atoms with Gasteiger partial charge in [-0.1, -0.05) is 25.0 Å². The fourth-order valence-corrected chi connectivity index (χ4v) is 3.92. The number of nitrogens with one attached hydrogen (secondary N) is 1. The van der Waals surface area contributed by atoms with Gasteiger partial charge < -0.3 is 15.8 Å². The number of rotatable bonds is 6. The molecule has 1 aliphatic heterocycles. The molecule has 1 aliphatic carbocycles. The van der Waals surface area contributed by atoms with Crippen molar-refractivity contribution in [2.24, 2.45) is 11.7 Å². The summed E-state index contributed by atoms with van der Waals surface area (Å²) in [6.07, 6.45) is 2.88. The van der Waals surface area contributed by atoms with Crippen LogP contribution in [0.15, 0.2) is 24.3 Å². The van der Waals surface area contributed by atoms with E-state index < -0.39 is 36.4 Å². The Kier molecular flexibility index (Phi) is 6.95. The minimum atomic E-state index is -3.09. The summed E-state index contributed by atoms with van der Waals surface area (Å²) < 4.78 is 29.4. The molecule has 0 bridgehead atoms. The van der Waals surface area contributed by atoms with E-state index in [1.807, 2.05) is 0 Å². The molecule has 2 aliphatic rings. The molecule has 1 spiro atoms. The molecule has 1 saturated heterocycles. The first-order chi connectivity index (χ1) is 12.9. The predicted molar refractivity (Wildman–Crippen MR) is 98.6 cm³/mol. The number of ether oxygens (including phenoxy) is 1. The van der Waals surface area contributed by atoms with Crippen LogP contribution in [0.25, 0.3) is 0 Å². The molecule has 1 aromatic carbocycles. The quantitative estimate of drug-likeness (QED) is 0.546. The lowest BCUT2D eigenvalue weighted by Gasteiger charge is -2.38. The number of Topliss-reactive ketones (excluding diaryl/α,β-unsaturated/α-hetero) is 1. The first kappa shape index (κ1) is 22.0. The molecular weight excluding hydrogens is 396 g/mol. The number of hydrogen-bond acceptors (Lipinski definition) is 5. The van der Waals surface area contributed by atoms with Gasteiger partial charge in [0.1, 0.15) is 11.3 Å². The van der Waals surface area contributed by atoms with E-state index in [0.717, 1.165) is 24.2 Å². The van der Waals surface area contributed by atoms with Crippen molar-refractivity contribution in [3.63, 3.8) is 0 Å². The third kappa shape index (κ3) is 3.95. The van der Waals surface area contributed by atoms with E-state index in [1.165, 1.54) is 24.3 Å². The first-order valence-electron chi connectivity index (χ1n) is 8.80. The van der Waals surface area contributed by atoms with Crippen LogP contribution >= 0.6 is 12.4 Å². The van der Waals surface area contributed by atoms with Crippen molar-refractivity contribution in [1.29, 1.82) is 0 Å². The number of benzene rings is 1. The largest absolute Gasteiger partial charge is 0.434 e. The Hall–Kier alpha value is -2.26. The fourth-order valence-electron chi connectivity index (χ4n) is 3.92. The molecule has 3 N–H and O–H groups in total. The summed E-state index contributed by atoms with van der Waals surface area (Å²) in [7, 11) is 0. The molecule has 2 atom stereocenters. The highest BCUT2D eigenvalue weighted by Gasteiger charge is 2.56. The Labute approximate surface area is 167 Å². The molecule has 0 radical (unpaired) electrons. The number of carbonyl (C=O) groups excluding carboxylic acids is 3. The van der Waals surface area contributed by atoms with Crippen molar-refractivity contribution in [2.75, 3.05) is 13.1 Å². The SMILES string of the molecule is Cl.NCC1CCCCC12NC(=O)N(CC(=O)c1ccccc1OC(F)F)C2=O. The molecule has 2 fully saturated rings. The maximum absolute atomic E-state index is 13.0. The van der Waals surface area contributed by atoms with Gasteiger partial charge in [0, 0.05) is 5.92 Å². The molecule has 2 unspecified atom stereocenters. The highest BCUT2D eigenvalue weighted by Crippen LogP contribution is 2.38. The smallest absolute Gasteiger partial charge is 0.387 e. The number of nitrogens with zero attached hydrogens (tertiary/aromatic N) is 1. The van der Waals surface area contributed by atoms with E-state index in [2.05, 4.69) is 10.1 Å². The fraction of sp³-hybridized carbons (Fsp3) is 0.500. The summed E-state index contributed by atoms with van der Waals surface area (Å²) in [6, 6.07) is 4.83. The van der Waals surface area contributed by atoms with Crippen molar-refractivity contribution in [1.82, 2.24) is 10.2 Å². The Morgan fingerprint density at radius 2 is 2.04 bits per heavy atom. The lowest BCUT2D eigenvalue weighted by molar-refractivity contribution is -0.134. The van der Waals surface area contributed by atoms with Crippen LogP contribution in [0.1, 0.15) is 36.0 Å². The second kappa shape index (κ2) is 8.83. The van der Waals surface area contributed by atoms with E-state index in [9.17, 15) is 23.2 Å². The number of nitrogens with two attached hydrogens (primary N) is 1. The summed E-state index contributed by atoms with van der Waals surface area (Å²) in [5, 5.41) is 2.73. The van der Waals surface area contributed by atoms with Crippen LogP contribution in [-0.4, -0.2) is 47.9 Å². The minimum absolute atomic E-state index is 0. The third-order valence-electron chi connectivity index (χ3n) is 5.26. The van der Waals surface area contributed by atoms with E-state index in [0.29, 0.717) is 6.42 Å². The zero-order valence-electron chi connectivity index (χ0n) is 15.0. The molecule has 3 amide bonds. The van der Waals surface area contributed by atoms with Crippen LogP contribution in [0.3, 0.4) is 0 Å². The summed E-state index contributed by atoms with van der Waals surface area (Å²) >= 11 is 0. The zero-order valence-corrected chi connectivity index (χ0v) is 15.8. The molecule has 7 nitrogen and oxygen atoms in total. The third-order valence-corrected chi connectivity index (χ3v) is 5.26. The standard InChI is InChI=1S/C18H21F2N3O4.ClH/c19-16(20)27-14-7-2-1-6-12(14)13(24)10-23-15(25)18(22-17(23)26)8-4-3-5-11(18)9-21;/h1-2,6-7,11,16H,3-5,8-10,21H2,(H,22,26);1H. The van der Waals surface area contributed by atoms with Gasteiger partial charge in [-0.25, -0.2) is 4.79 Å². The van der Waals surface area contributed by atoms with E-state index >= 15 is 0 Å². The number of halogens is 3. The lowest BCUT2D eigenvalue weighted by atomic mass is 9.72. The molecule has 0 aromatic heterocycles. The lowest BCUT2D eigenvalue weighted by Crippen LogP contribution is -2.57. The van der Waals surface area contributed by atoms with Crippen LogP contribution in [0, 0.1) is 5.92 Å². The molecular formula is C18H22ClF2N3O4. The number of urea groups is 1. The number of ketones is 1. The van der Waals surface area contributed by atoms with Gasteiger partial charge in [-0.05, 0) is 31.5 Å². The highest BCUT2D eigenvalue weighted by atomic mass is 35.5. The first-order valence-corrected chi connectivity index (χ1v) is 8.80. The number of carbonyl (C=O) groups is 3. The summed E-state index contributed by atoms with van der Waals surface area (Å²) in [5.41, 5.74) is 4.60. The van der Waals surface area contributed by atoms with Gasteiger partial charge in [-0.3, -0.25) is 14.5 Å². The van der Waals surface area contributed by atoms with E-state index in [-0.39, 0.29) is 36.2 Å². The van der Waals surface area contributed by atoms with E-state index in [4.69, 9.17) is 5.73 Å². The van der Waals surface area contributed by atoms with Crippen molar-refractivity contribution in [3.05, 3.63) is 29.8 Å². The summed E-state index contributed by atoms with van der Waals surface area (Å²) in [6.45, 7) is -3.39. The second-order valence-electron chi connectivity index (χ2n) is 6.77. The molecule has 3 rings (SSSR count). The van der Waals surface area contributed by atoms with Crippen molar-refractivity contribution >= 4 is 30.1 Å². The molecule has 28 heavy (non-hydrogen) atoms. The Morgan fingerprint density at radius 3 is 2.71 bits per heavy atom. The maximum Gasteiger partial charge on any atom is 0.387 e. The normalized spacial score (nSPS) is 24.3. The van der Waals surface area contributed by atoms with Gasteiger partial charge in [0.2, 0.25) is 0 Å². The van der Waals surface area contributed by atoms with Crippen LogP contribution in [0.4, 0.5) is 13.6 Å². The van der Waals surface area contributed by atoms with Gasteiger partial charge >= 0.3 is 12.6 Å². The van der Waals surface area contributed by atoms with Crippen LogP contribution in [0.5, 0.6) is 5.75 Å². The van der Waals surface area contributed by atoms with Gasteiger partial charge in [0.25, 0.3) is 5.91 Å². The molecule has 1 saturated carbocycles. The summed E-state index contributed by atoms with van der Waals surface area (Å²) in [4.78, 5) is 38.8. The van der Waals surface area contributed by atoms with Gasteiger partial charge in [-0.15, -0.1) is 12.4 Å². The monoisotopic (exact) mass is 417 g/mol.